The SMILES string of the molecule is CC(NS(=O)(=O)c1ccccc1F)C(=O)NCC(C)(C)N.Cl. The third kappa shape index (κ3) is 6.27. The molecule has 0 saturated carbocycles. The number of halogens is 2. The zero-order valence-corrected chi connectivity index (χ0v) is 14.2. The molecule has 1 amide bonds. The molecule has 0 aliphatic carbocycles. The second kappa shape index (κ2) is 7.87. The number of rotatable bonds is 6. The fourth-order valence-electron chi connectivity index (χ4n) is 1.48. The fraction of sp³-hybridized carbons (Fsp3) is 0.462. The summed E-state index contributed by atoms with van der Waals surface area (Å²) in [6.07, 6.45) is 0. The molecule has 22 heavy (non-hydrogen) atoms. The van der Waals surface area contributed by atoms with E-state index >= 15 is 0 Å². The van der Waals surface area contributed by atoms with E-state index < -0.39 is 38.2 Å². The third-order valence-electron chi connectivity index (χ3n) is 2.57. The van der Waals surface area contributed by atoms with E-state index in [1.807, 2.05) is 0 Å². The average molecular weight is 354 g/mol. The molecule has 1 aromatic carbocycles. The fourth-order valence-corrected chi connectivity index (χ4v) is 2.76. The summed E-state index contributed by atoms with van der Waals surface area (Å²) in [5, 5.41) is 2.53. The standard InChI is InChI=1S/C13H20FN3O3S.ClH/c1-9(12(18)16-8-13(2,3)15)17-21(19,20)11-7-5-4-6-10(11)14;/h4-7,9,17H,8,15H2,1-3H3,(H,16,18);1H. The van der Waals surface area contributed by atoms with Crippen LogP contribution in [-0.4, -0.2) is 32.5 Å². The maximum Gasteiger partial charge on any atom is 0.244 e. The van der Waals surface area contributed by atoms with Crippen LogP contribution in [0.1, 0.15) is 20.8 Å². The van der Waals surface area contributed by atoms with Crippen LogP contribution in [0.15, 0.2) is 29.2 Å². The van der Waals surface area contributed by atoms with E-state index in [1.54, 1.807) is 13.8 Å². The molecule has 1 aromatic rings. The molecular weight excluding hydrogens is 333 g/mol. The van der Waals surface area contributed by atoms with E-state index in [1.165, 1.54) is 19.1 Å². The first kappa shape index (κ1) is 20.8. The topological polar surface area (TPSA) is 101 Å². The van der Waals surface area contributed by atoms with Crippen LogP contribution < -0.4 is 15.8 Å². The van der Waals surface area contributed by atoms with Crippen molar-refractivity contribution in [1.82, 2.24) is 10.0 Å². The number of benzene rings is 1. The molecule has 0 aliphatic rings. The van der Waals surface area contributed by atoms with Crippen LogP contribution in [0, 0.1) is 5.82 Å². The van der Waals surface area contributed by atoms with Crippen molar-refractivity contribution in [3.8, 4) is 0 Å². The summed E-state index contributed by atoms with van der Waals surface area (Å²) in [6.45, 7) is 5.01. The van der Waals surface area contributed by atoms with Gasteiger partial charge in [0.25, 0.3) is 0 Å². The first-order valence-electron chi connectivity index (χ1n) is 6.36. The zero-order chi connectivity index (χ0) is 16.3. The molecule has 0 aliphatic heterocycles. The Morgan fingerprint density at radius 2 is 1.91 bits per heavy atom. The third-order valence-corrected chi connectivity index (χ3v) is 4.14. The Morgan fingerprint density at radius 1 is 1.36 bits per heavy atom. The van der Waals surface area contributed by atoms with E-state index in [2.05, 4.69) is 10.0 Å². The van der Waals surface area contributed by atoms with Crippen molar-refractivity contribution in [2.75, 3.05) is 6.54 Å². The number of hydrogen-bond acceptors (Lipinski definition) is 4. The quantitative estimate of drug-likeness (QED) is 0.703. The first-order chi connectivity index (χ1) is 9.53. The van der Waals surface area contributed by atoms with Crippen LogP contribution in [0.25, 0.3) is 0 Å². The van der Waals surface area contributed by atoms with Crippen molar-refractivity contribution in [2.24, 2.45) is 5.73 Å². The van der Waals surface area contributed by atoms with Crippen LogP contribution in [0.4, 0.5) is 4.39 Å². The Kier molecular flexibility index (Phi) is 7.43. The maximum atomic E-state index is 13.5. The number of nitrogens with two attached hydrogens (primary N) is 1. The second-order valence-corrected chi connectivity index (χ2v) is 7.16. The predicted molar refractivity (Wildman–Crippen MR) is 84.7 cm³/mol. The molecule has 0 saturated heterocycles. The van der Waals surface area contributed by atoms with Crippen molar-refractivity contribution in [1.29, 1.82) is 0 Å². The van der Waals surface area contributed by atoms with E-state index in [9.17, 15) is 17.6 Å². The molecule has 0 aromatic heterocycles. The van der Waals surface area contributed by atoms with Crippen LogP contribution in [0.2, 0.25) is 0 Å². The number of nitrogens with one attached hydrogen (secondary N) is 2. The predicted octanol–water partition coefficient (Wildman–Crippen LogP) is 0.768. The summed E-state index contributed by atoms with van der Waals surface area (Å²) in [5.41, 5.74) is 5.11. The normalized spacial score (nSPS) is 13.1. The van der Waals surface area contributed by atoms with Gasteiger partial charge in [-0.15, -0.1) is 12.4 Å². The highest BCUT2D eigenvalue weighted by Crippen LogP contribution is 2.13. The minimum Gasteiger partial charge on any atom is -0.353 e. The molecule has 1 unspecified atom stereocenters. The van der Waals surface area contributed by atoms with E-state index in [4.69, 9.17) is 5.73 Å². The van der Waals surface area contributed by atoms with Crippen molar-refractivity contribution >= 4 is 28.3 Å². The molecule has 1 rings (SSSR count). The van der Waals surface area contributed by atoms with Gasteiger partial charge in [0.05, 0.1) is 6.04 Å². The number of carbonyl (C=O) groups excluding carboxylic acids is 1. The Labute approximate surface area is 136 Å². The van der Waals surface area contributed by atoms with Crippen molar-refractivity contribution < 1.29 is 17.6 Å². The van der Waals surface area contributed by atoms with Gasteiger partial charge in [-0.3, -0.25) is 4.79 Å². The molecule has 9 heteroatoms. The molecule has 0 radical (unpaired) electrons. The maximum absolute atomic E-state index is 13.5. The number of carbonyl (C=O) groups is 1. The molecule has 0 heterocycles. The van der Waals surface area contributed by atoms with Gasteiger partial charge in [-0.1, -0.05) is 12.1 Å². The monoisotopic (exact) mass is 353 g/mol. The van der Waals surface area contributed by atoms with Crippen LogP contribution in [-0.2, 0) is 14.8 Å². The van der Waals surface area contributed by atoms with Crippen molar-refractivity contribution in [3.05, 3.63) is 30.1 Å². The average Bonchev–Trinajstić information content (AvgIpc) is 2.34. The first-order valence-corrected chi connectivity index (χ1v) is 7.85. The number of amides is 1. The van der Waals surface area contributed by atoms with Gasteiger partial charge >= 0.3 is 0 Å². The van der Waals surface area contributed by atoms with Crippen LogP contribution in [0.5, 0.6) is 0 Å². The number of hydrogen-bond donors (Lipinski definition) is 3. The van der Waals surface area contributed by atoms with Gasteiger partial charge in [-0.25, -0.2) is 12.8 Å². The highest BCUT2D eigenvalue weighted by molar-refractivity contribution is 7.89. The molecule has 126 valence electrons. The van der Waals surface area contributed by atoms with Gasteiger partial charge in [0, 0.05) is 12.1 Å². The smallest absolute Gasteiger partial charge is 0.244 e. The second-order valence-electron chi connectivity index (χ2n) is 5.48. The lowest BCUT2D eigenvalue weighted by molar-refractivity contribution is -0.122. The summed E-state index contributed by atoms with van der Waals surface area (Å²) < 4.78 is 39.7. The summed E-state index contributed by atoms with van der Waals surface area (Å²) in [6, 6.07) is 3.91. The Bertz CT molecular complexity index is 617. The highest BCUT2D eigenvalue weighted by Gasteiger charge is 2.25. The summed E-state index contributed by atoms with van der Waals surface area (Å²) in [5.74, 6) is -1.41. The largest absolute Gasteiger partial charge is 0.353 e. The van der Waals surface area contributed by atoms with Gasteiger partial charge in [0.15, 0.2) is 0 Å². The van der Waals surface area contributed by atoms with E-state index in [-0.39, 0.29) is 19.0 Å². The van der Waals surface area contributed by atoms with Crippen LogP contribution >= 0.6 is 12.4 Å². The van der Waals surface area contributed by atoms with Gasteiger partial charge in [0.2, 0.25) is 15.9 Å². The summed E-state index contributed by atoms with van der Waals surface area (Å²) in [4.78, 5) is 11.3. The van der Waals surface area contributed by atoms with E-state index in [0.29, 0.717) is 0 Å². The lowest BCUT2D eigenvalue weighted by atomic mass is 10.1. The van der Waals surface area contributed by atoms with Gasteiger partial charge in [-0.2, -0.15) is 4.72 Å². The molecule has 6 nitrogen and oxygen atoms in total. The Hall–Kier alpha value is -1.22. The molecule has 4 N–H and O–H groups in total. The Balaban J connectivity index is 0.00000441. The van der Waals surface area contributed by atoms with Gasteiger partial charge in [-0.05, 0) is 32.9 Å². The minimum absolute atomic E-state index is 0. The molecule has 0 bridgehead atoms. The van der Waals surface area contributed by atoms with E-state index in [0.717, 1.165) is 12.1 Å². The zero-order valence-electron chi connectivity index (χ0n) is 12.6. The van der Waals surface area contributed by atoms with Crippen molar-refractivity contribution in [2.45, 2.75) is 37.2 Å². The lowest BCUT2D eigenvalue weighted by Gasteiger charge is -2.21. The van der Waals surface area contributed by atoms with Crippen molar-refractivity contribution in [3.63, 3.8) is 0 Å². The molecule has 0 spiro atoms. The van der Waals surface area contributed by atoms with Gasteiger partial charge in [0.1, 0.15) is 10.7 Å². The Morgan fingerprint density at radius 3 is 2.41 bits per heavy atom. The summed E-state index contributed by atoms with van der Waals surface area (Å²) in [7, 11) is -4.11. The lowest BCUT2D eigenvalue weighted by Crippen LogP contribution is -2.51. The summed E-state index contributed by atoms with van der Waals surface area (Å²) >= 11 is 0. The molecule has 1 atom stereocenters. The molecule has 0 fully saturated rings. The minimum atomic E-state index is -4.11. The highest BCUT2D eigenvalue weighted by atomic mass is 35.5. The number of sulfonamides is 1. The van der Waals surface area contributed by atoms with Crippen LogP contribution in [0.3, 0.4) is 0 Å². The van der Waals surface area contributed by atoms with Gasteiger partial charge < -0.3 is 11.1 Å². The molecular formula is C13H21ClFN3O3S.